The van der Waals surface area contributed by atoms with E-state index in [0.29, 0.717) is 24.5 Å². The van der Waals surface area contributed by atoms with Crippen LogP contribution in [0.3, 0.4) is 0 Å². The summed E-state index contributed by atoms with van der Waals surface area (Å²) < 4.78 is 0. The monoisotopic (exact) mass is 258 g/mol. The number of hydrogen-bond acceptors (Lipinski definition) is 4. The van der Waals surface area contributed by atoms with E-state index in [2.05, 4.69) is 5.32 Å². The van der Waals surface area contributed by atoms with Crippen molar-refractivity contribution in [2.24, 2.45) is 0 Å². The van der Waals surface area contributed by atoms with Crippen LogP contribution < -0.4 is 5.32 Å². The van der Waals surface area contributed by atoms with Gasteiger partial charge in [-0.15, -0.1) is 11.8 Å². The number of rotatable bonds is 10. The topological polar surface area (TPSA) is 90.2 Å². The van der Waals surface area contributed by atoms with Gasteiger partial charge in [0.25, 0.3) is 0 Å². The molecule has 0 aromatic carbocycles. The number of unbranched alkanes of at least 4 members (excludes halogenated alkanes) is 3. The molecule has 1 amide bonds. The third-order valence-electron chi connectivity index (χ3n) is 2.04. The van der Waals surface area contributed by atoms with Crippen molar-refractivity contribution in [2.45, 2.75) is 32.1 Å². The number of nitriles is 1. The Balaban J connectivity index is 3.19. The Bertz CT molecular complexity index is 276. The molecule has 5 nitrogen and oxygen atoms in total. The zero-order chi connectivity index (χ0) is 12.9. The van der Waals surface area contributed by atoms with Crippen molar-refractivity contribution in [3.05, 3.63) is 0 Å². The Hall–Kier alpha value is -1.22. The van der Waals surface area contributed by atoms with Gasteiger partial charge in [-0.25, -0.2) is 0 Å². The maximum Gasteiger partial charge on any atom is 0.303 e. The maximum absolute atomic E-state index is 11.2. The lowest BCUT2D eigenvalue weighted by Crippen LogP contribution is -2.26. The highest BCUT2D eigenvalue weighted by Crippen LogP contribution is 2.02. The van der Waals surface area contributed by atoms with Crippen LogP contribution in [-0.4, -0.2) is 35.0 Å². The first-order valence-electron chi connectivity index (χ1n) is 5.60. The molecule has 96 valence electrons. The molecule has 0 atom stereocenters. The second kappa shape index (κ2) is 11.3. The lowest BCUT2D eigenvalue weighted by Gasteiger charge is -2.03. The van der Waals surface area contributed by atoms with Crippen LogP contribution in [0.25, 0.3) is 0 Å². The number of carboxylic acids is 1. The highest BCUT2D eigenvalue weighted by atomic mass is 32.2. The Labute approximate surface area is 106 Å². The molecule has 0 aliphatic carbocycles. The summed E-state index contributed by atoms with van der Waals surface area (Å²) in [7, 11) is 0. The SMILES string of the molecule is N#CCSCC(=O)NCCCCCCC(=O)O. The van der Waals surface area contributed by atoms with E-state index in [1.54, 1.807) is 0 Å². The van der Waals surface area contributed by atoms with Crippen LogP contribution in [-0.2, 0) is 9.59 Å². The van der Waals surface area contributed by atoms with Crippen LogP contribution in [0.5, 0.6) is 0 Å². The molecule has 0 aromatic heterocycles. The summed E-state index contributed by atoms with van der Waals surface area (Å²) in [6, 6.07) is 1.96. The number of nitrogens with one attached hydrogen (secondary N) is 1. The van der Waals surface area contributed by atoms with Gasteiger partial charge < -0.3 is 10.4 Å². The van der Waals surface area contributed by atoms with Crippen LogP contribution in [0.4, 0.5) is 0 Å². The highest BCUT2D eigenvalue weighted by Gasteiger charge is 2.00. The van der Waals surface area contributed by atoms with Crippen molar-refractivity contribution in [1.29, 1.82) is 5.26 Å². The highest BCUT2D eigenvalue weighted by molar-refractivity contribution is 8.00. The van der Waals surface area contributed by atoms with Crippen molar-refractivity contribution in [1.82, 2.24) is 5.32 Å². The van der Waals surface area contributed by atoms with Gasteiger partial charge in [0.15, 0.2) is 0 Å². The van der Waals surface area contributed by atoms with Gasteiger partial charge in [-0.1, -0.05) is 12.8 Å². The van der Waals surface area contributed by atoms with Crippen LogP contribution >= 0.6 is 11.8 Å². The second-order valence-electron chi connectivity index (χ2n) is 3.56. The molecular formula is C11H18N2O3S. The van der Waals surface area contributed by atoms with Gasteiger partial charge in [0, 0.05) is 13.0 Å². The van der Waals surface area contributed by atoms with Gasteiger partial charge in [-0.05, 0) is 12.8 Å². The van der Waals surface area contributed by atoms with E-state index in [9.17, 15) is 9.59 Å². The summed E-state index contributed by atoms with van der Waals surface area (Å²) in [5, 5.41) is 19.4. The van der Waals surface area contributed by atoms with E-state index in [1.807, 2.05) is 6.07 Å². The van der Waals surface area contributed by atoms with E-state index < -0.39 is 5.97 Å². The van der Waals surface area contributed by atoms with Crippen molar-refractivity contribution in [3.8, 4) is 6.07 Å². The smallest absolute Gasteiger partial charge is 0.303 e. The van der Waals surface area contributed by atoms with E-state index in [1.165, 1.54) is 11.8 Å². The predicted octanol–water partition coefficient (Wildman–Crippen LogP) is 1.39. The number of carbonyl (C=O) groups excluding carboxylic acids is 1. The number of thioether (sulfide) groups is 1. The first-order valence-corrected chi connectivity index (χ1v) is 6.75. The molecule has 0 heterocycles. The molecule has 0 aromatic rings. The predicted molar refractivity (Wildman–Crippen MR) is 66.7 cm³/mol. The minimum Gasteiger partial charge on any atom is -0.481 e. The van der Waals surface area contributed by atoms with Gasteiger partial charge in [0.1, 0.15) is 0 Å². The first-order chi connectivity index (χ1) is 8.16. The van der Waals surface area contributed by atoms with E-state index in [-0.39, 0.29) is 12.3 Å². The van der Waals surface area contributed by atoms with E-state index in [0.717, 1.165) is 19.3 Å². The lowest BCUT2D eigenvalue weighted by molar-refractivity contribution is -0.137. The minimum absolute atomic E-state index is 0.0456. The third kappa shape index (κ3) is 12.7. The Morgan fingerprint density at radius 1 is 1.24 bits per heavy atom. The molecule has 0 fully saturated rings. The average Bonchev–Trinajstić information content (AvgIpc) is 2.28. The largest absolute Gasteiger partial charge is 0.481 e. The Morgan fingerprint density at radius 3 is 2.59 bits per heavy atom. The van der Waals surface area contributed by atoms with Crippen molar-refractivity contribution < 1.29 is 14.7 Å². The average molecular weight is 258 g/mol. The number of aliphatic carboxylic acids is 1. The van der Waals surface area contributed by atoms with Crippen molar-refractivity contribution >= 4 is 23.6 Å². The Kier molecular flexibility index (Phi) is 10.5. The molecule has 0 saturated heterocycles. The summed E-state index contributed by atoms with van der Waals surface area (Å²) in [6.45, 7) is 0.624. The number of amides is 1. The first kappa shape index (κ1) is 15.8. The summed E-state index contributed by atoms with van der Waals surface area (Å²) in [4.78, 5) is 21.4. The molecule has 0 aliphatic heterocycles. The molecule has 6 heteroatoms. The van der Waals surface area contributed by atoms with Crippen LogP contribution in [0.2, 0.25) is 0 Å². The van der Waals surface area contributed by atoms with Crippen molar-refractivity contribution in [3.63, 3.8) is 0 Å². The summed E-state index contributed by atoms with van der Waals surface area (Å²) in [5.74, 6) is -0.140. The molecule has 0 spiro atoms. The lowest BCUT2D eigenvalue weighted by atomic mass is 10.1. The Morgan fingerprint density at radius 2 is 1.94 bits per heavy atom. The van der Waals surface area contributed by atoms with Crippen LogP contribution in [0, 0.1) is 11.3 Å². The quantitative estimate of drug-likeness (QED) is 0.578. The standard InChI is InChI=1S/C11H18N2O3S/c12-6-8-17-9-10(14)13-7-4-2-1-3-5-11(15)16/h1-5,7-9H2,(H,13,14)(H,15,16). The number of carboxylic acid groups (broad SMARTS) is 1. The zero-order valence-electron chi connectivity index (χ0n) is 9.78. The maximum atomic E-state index is 11.2. The van der Waals surface area contributed by atoms with Crippen LogP contribution in [0.15, 0.2) is 0 Å². The fourth-order valence-electron chi connectivity index (χ4n) is 1.22. The van der Waals surface area contributed by atoms with Gasteiger partial charge in [-0.2, -0.15) is 5.26 Å². The van der Waals surface area contributed by atoms with E-state index in [4.69, 9.17) is 10.4 Å². The summed E-state index contributed by atoms with van der Waals surface area (Å²) in [5.41, 5.74) is 0. The summed E-state index contributed by atoms with van der Waals surface area (Å²) >= 11 is 1.30. The molecule has 0 saturated carbocycles. The molecule has 2 N–H and O–H groups in total. The number of carbonyl (C=O) groups is 2. The van der Waals surface area contributed by atoms with Gasteiger partial charge in [0.05, 0.1) is 17.6 Å². The van der Waals surface area contributed by atoms with Gasteiger partial charge >= 0.3 is 5.97 Å². The molecule has 17 heavy (non-hydrogen) atoms. The second-order valence-corrected chi connectivity index (χ2v) is 4.54. The molecule has 0 bridgehead atoms. The fraction of sp³-hybridized carbons (Fsp3) is 0.727. The minimum atomic E-state index is -0.757. The number of nitrogens with zero attached hydrogens (tertiary/aromatic N) is 1. The summed E-state index contributed by atoms with van der Waals surface area (Å²) in [6.07, 6.45) is 3.59. The fourth-order valence-corrected chi connectivity index (χ4v) is 1.70. The van der Waals surface area contributed by atoms with Crippen LogP contribution in [0.1, 0.15) is 32.1 Å². The molecule has 0 aliphatic rings. The van der Waals surface area contributed by atoms with Gasteiger partial charge in [0.2, 0.25) is 5.91 Å². The number of hydrogen-bond donors (Lipinski definition) is 2. The van der Waals surface area contributed by atoms with Crippen molar-refractivity contribution in [2.75, 3.05) is 18.1 Å². The molecule has 0 unspecified atom stereocenters. The molecule has 0 rings (SSSR count). The molecule has 0 radical (unpaired) electrons. The van der Waals surface area contributed by atoms with Gasteiger partial charge in [-0.3, -0.25) is 9.59 Å². The van der Waals surface area contributed by atoms with E-state index >= 15 is 0 Å². The normalized spacial score (nSPS) is 9.59. The molecular weight excluding hydrogens is 240 g/mol. The third-order valence-corrected chi connectivity index (χ3v) is 2.84. The zero-order valence-corrected chi connectivity index (χ0v) is 10.6.